The van der Waals surface area contributed by atoms with Gasteiger partial charge in [-0.25, -0.2) is 0 Å². The van der Waals surface area contributed by atoms with Crippen molar-refractivity contribution in [1.82, 2.24) is 0 Å². The highest BCUT2D eigenvalue weighted by Crippen LogP contribution is 2.19. The maximum atomic E-state index is 9.54. The van der Waals surface area contributed by atoms with E-state index >= 15 is 0 Å². The summed E-state index contributed by atoms with van der Waals surface area (Å²) in [6.45, 7) is 0. The minimum atomic E-state index is 0.250. The van der Waals surface area contributed by atoms with Crippen LogP contribution in [0.25, 0.3) is 12.2 Å². The van der Waals surface area contributed by atoms with Gasteiger partial charge in [-0.1, -0.05) is 42.5 Å². The first-order valence-corrected chi connectivity index (χ1v) is 5.01. The molecule has 2 nitrogen and oxygen atoms in total. The average molecular weight is 212 g/mol. The normalized spacial score (nSPS) is 10.8. The molecule has 0 fully saturated rings. The number of phenolic OH excluding ortho intramolecular Hbond substituents is 2. The molecule has 0 unspecified atom stereocenters. The summed E-state index contributed by atoms with van der Waals surface area (Å²) in [5.41, 5.74) is 1.75. The number of phenols is 2. The molecule has 0 aliphatic heterocycles. The van der Waals surface area contributed by atoms with Gasteiger partial charge in [0.25, 0.3) is 0 Å². The molecular formula is C14H12O2. The third kappa shape index (κ3) is 2.42. The highest BCUT2D eigenvalue weighted by Gasteiger charge is 1.94. The van der Waals surface area contributed by atoms with E-state index < -0.39 is 0 Å². The number of hydrogen-bond donors (Lipinski definition) is 2. The topological polar surface area (TPSA) is 40.5 Å². The molecule has 0 saturated heterocycles. The molecule has 0 atom stereocenters. The van der Waals surface area contributed by atoms with E-state index in [0.717, 1.165) is 11.1 Å². The molecule has 2 N–H and O–H groups in total. The standard InChI is InChI=1S/C14H12O2/c15-13-9-6-11(7-10-13)5-8-12-3-1-2-4-14(12)16/h1-10,15-16H/b8-5-. The van der Waals surface area contributed by atoms with Crippen LogP contribution in [0, 0.1) is 0 Å². The maximum absolute atomic E-state index is 9.54. The minimum Gasteiger partial charge on any atom is -0.508 e. The predicted molar refractivity (Wildman–Crippen MR) is 65.1 cm³/mol. The highest BCUT2D eigenvalue weighted by atomic mass is 16.3. The summed E-state index contributed by atoms with van der Waals surface area (Å²) in [6, 6.07) is 14.0. The summed E-state index contributed by atoms with van der Waals surface area (Å²) >= 11 is 0. The molecule has 0 amide bonds. The molecule has 0 spiro atoms. The van der Waals surface area contributed by atoms with Crippen LogP contribution in [0.15, 0.2) is 48.5 Å². The molecule has 2 heteroatoms. The summed E-state index contributed by atoms with van der Waals surface area (Å²) in [5.74, 6) is 0.511. The smallest absolute Gasteiger partial charge is 0.122 e. The maximum Gasteiger partial charge on any atom is 0.122 e. The second-order valence-corrected chi connectivity index (χ2v) is 3.48. The van der Waals surface area contributed by atoms with E-state index in [1.807, 2.05) is 36.4 Å². The molecule has 2 aromatic rings. The van der Waals surface area contributed by atoms with Crippen LogP contribution in [0.5, 0.6) is 11.5 Å². The van der Waals surface area contributed by atoms with Gasteiger partial charge in [0.1, 0.15) is 11.5 Å². The van der Waals surface area contributed by atoms with Crippen molar-refractivity contribution in [1.29, 1.82) is 0 Å². The number of aromatic hydroxyl groups is 2. The molecule has 80 valence electrons. The van der Waals surface area contributed by atoms with Crippen LogP contribution in [0.3, 0.4) is 0 Å². The van der Waals surface area contributed by atoms with Crippen molar-refractivity contribution in [2.45, 2.75) is 0 Å². The minimum absolute atomic E-state index is 0.250. The third-order valence-electron chi connectivity index (χ3n) is 2.29. The Morgan fingerprint density at radius 1 is 0.750 bits per heavy atom. The van der Waals surface area contributed by atoms with Crippen molar-refractivity contribution in [3.8, 4) is 11.5 Å². The van der Waals surface area contributed by atoms with E-state index in [9.17, 15) is 5.11 Å². The number of rotatable bonds is 2. The zero-order valence-corrected chi connectivity index (χ0v) is 8.67. The summed E-state index contributed by atoms with van der Waals surface area (Å²) in [7, 11) is 0. The van der Waals surface area contributed by atoms with Crippen LogP contribution in [0.4, 0.5) is 0 Å². The Hall–Kier alpha value is -2.22. The average Bonchev–Trinajstić information content (AvgIpc) is 2.30. The molecule has 0 radical (unpaired) electrons. The van der Waals surface area contributed by atoms with Crippen molar-refractivity contribution in [2.75, 3.05) is 0 Å². The van der Waals surface area contributed by atoms with Gasteiger partial charge < -0.3 is 10.2 Å². The van der Waals surface area contributed by atoms with Crippen LogP contribution in [0.1, 0.15) is 11.1 Å². The molecule has 16 heavy (non-hydrogen) atoms. The van der Waals surface area contributed by atoms with Crippen molar-refractivity contribution in [2.24, 2.45) is 0 Å². The van der Waals surface area contributed by atoms with E-state index in [0.29, 0.717) is 0 Å². The monoisotopic (exact) mass is 212 g/mol. The second-order valence-electron chi connectivity index (χ2n) is 3.48. The summed E-state index contributed by atoms with van der Waals surface area (Å²) in [5, 5.41) is 18.7. The van der Waals surface area contributed by atoms with Crippen LogP contribution in [-0.2, 0) is 0 Å². The molecule has 0 bridgehead atoms. The summed E-state index contributed by atoms with van der Waals surface area (Å²) in [6.07, 6.45) is 3.72. The van der Waals surface area contributed by atoms with Gasteiger partial charge in [0, 0.05) is 5.56 Å². The molecule has 0 heterocycles. The Morgan fingerprint density at radius 2 is 1.44 bits per heavy atom. The SMILES string of the molecule is Oc1ccc(/C=C\c2ccccc2O)cc1. The van der Waals surface area contributed by atoms with Gasteiger partial charge in [0.2, 0.25) is 0 Å². The first kappa shape index (κ1) is 10.3. The fraction of sp³-hybridized carbons (Fsp3) is 0. The molecule has 0 aromatic heterocycles. The Morgan fingerprint density at radius 3 is 2.12 bits per heavy atom. The lowest BCUT2D eigenvalue weighted by molar-refractivity contribution is 0.474. The second kappa shape index (κ2) is 4.53. The van der Waals surface area contributed by atoms with Crippen molar-refractivity contribution in [3.63, 3.8) is 0 Å². The molecule has 0 aliphatic carbocycles. The fourth-order valence-corrected chi connectivity index (χ4v) is 1.40. The van der Waals surface area contributed by atoms with E-state index in [-0.39, 0.29) is 11.5 Å². The first-order valence-electron chi connectivity index (χ1n) is 5.01. The van der Waals surface area contributed by atoms with E-state index in [1.165, 1.54) is 0 Å². The Kier molecular flexibility index (Phi) is 2.92. The van der Waals surface area contributed by atoms with Crippen LogP contribution < -0.4 is 0 Å². The predicted octanol–water partition coefficient (Wildman–Crippen LogP) is 3.27. The Labute approximate surface area is 94.1 Å². The van der Waals surface area contributed by atoms with Gasteiger partial charge in [-0.2, -0.15) is 0 Å². The highest BCUT2D eigenvalue weighted by molar-refractivity contribution is 5.72. The summed E-state index contributed by atoms with van der Waals surface area (Å²) < 4.78 is 0. The summed E-state index contributed by atoms with van der Waals surface area (Å²) in [4.78, 5) is 0. The van der Waals surface area contributed by atoms with Gasteiger partial charge in [0.15, 0.2) is 0 Å². The van der Waals surface area contributed by atoms with E-state index in [2.05, 4.69) is 0 Å². The number of hydrogen-bond acceptors (Lipinski definition) is 2. The van der Waals surface area contributed by atoms with Crippen molar-refractivity contribution < 1.29 is 10.2 Å². The molecular weight excluding hydrogens is 200 g/mol. The molecule has 0 saturated carbocycles. The van der Waals surface area contributed by atoms with Gasteiger partial charge in [0.05, 0.1) is 0 Å². The van der Waals surface area contributed by atoms with Gasteiger partial charge in [-0.05, 0) is 23.8 Å². The Bertz CT molecular complexity index is 498. The van der Waals surface area contributed by atoms with Crippen LogP contribution >= 0.6 is 0 Å². The van der Waals surface area contributed by atoms with E-state index in [4.69, 9.17) is 5.11 Å². The lowest BCUT2D eigenvalue weighted by Gasteiger charge is -1.97. The molecule has 2 aromatic carbocycles. The largest absolute Gasteiger partial charge is 0.508 e. The Balaban J connectivity index is 2.21. The number of para-hydroxylation sites is 1. The zero-order chi connectivity index (χ0) is 11.4. The lowest BCUT2D eigenvalue weighted by Crippen LogP contribution is -1.74. The fourth-order valence-electron chi connectivity index (χ4n) is 1.40. The first-order chi connectivity index (χ1) is 7.75. The number of benzene rings is 2. The van der Waals surface area contributed by atoms with Gasteiger partial charge in [-0.3, -0.25) is 0 Å². The van der Waals surface area contributed by atoms with Gasteiger partial charge in [-0.15, -0.1) is 0 Å². The molecule has 0 aliphatic rings. The quantitative estimate of drug-likeness (QED) is 0.750. The zero-order valence-electron chi connectivity index (χ0n) is 8.67. The third-order valence-corrected chi connectivity index (χ3v) is 2.29. The van der Waals surface area contributed by atoms with E-state index in [1.54, 1.807) is 24.3 Å². The molecule has 2 rings (SSSR count). The van der Waals surface area contributed by atoms with Crippen LogP contribution in [0.2, 0.25) is 0 Å². The van der Waals surface area contributed by atoms with Crippen LogP contribution in [-0.4, -0.2) is 10.2 Å². The van der Waals surface area contributed by atoms with Crippen molar-refractivity contribution in [3.05, 3.63) is 59.7 Å². The van der Waals surface area contributed by atoms with Gasteiger partial charge >= 0.3 is 0 Å². The van der Waals surface area contributed by atoms with Crippen molar-refractivity contribution >= 4 is 12.2 Å². The lowest BCUT2D eigenvalue weighted by atomic mass is 10.1.